The SMILES string of the molecule is CCNC(=NCc1cccc(NC(=O)C2CCC2)c1)NC(C)c1cccc(N2CCCC2)c1.I. The largest absolute Gasteiger partial charge is 0.372 e. The first-order valence-corrected chi connectivity index (χ1v) is 12.4. The van der Waals surface area contributed by atoms with Gasteiger partial charge in [-0.15, -0.1) is 24.0 Å². The summed E-state index contributed by atoms with van der Waals surface area (Å²) in [7, 11) is 0. The van der Waals surface area contributed by atoms with Crippen LogP contribution in [-0.2, 0) is 11.3 Å². The highest BCUT2D eigenvalue weighted by Gasteiger charge is 2.25. The number of nitrogens with one attached hydrogen (secondary N) is 3. The fourth-order valence-corrected chi connectivity index (χ4v) is 4.41. The van der Waals surface area contributed by atoms with Gasteiger partial charge in [-0.3, -0.25) is 4.79 Å². The molecular weight excluding hydrogens is 537 g/mol. The van der Waals surface area contributed by atoms with Crippen LogP contribution in [0.25, 0.3) is 0 Å². The van der Waals surface area contributed by atoms with Crippen molar-refractivity contribution in [3.8, 4) is 0 Å². The Bertz CT molecular complexity index is 969. The molecule has 0 aromatic heterocycles. The lowest BCUT2D eigenvalue weighted by molar-refractivity contribution is -0.122. The molecule has 1 unspecified atom stereocenters. The second-order valence-corrected chi connectivity index (χ2v) is 9.17. The molecule has 1 saturated carbocycles. The van der Waals surface area contributed by atoms with E-state index in [1.807, 2.05) is 18.2 Å². The van der Waals surface area contributed by atoms with Crippen LogP contribution in [0.4, 0.5) is 11.4 Å². The molecule has 1 aliphatic carbocycles. The number of guanidine groups is 1. The number of amides is 1. The fourth-order valence-electron chi connectivity index (χ4n) is 4.41. The second-order valence-electron chi connectivity index (χ2n) is 9.17. The molecule has 3 N–H and O–H groups in total. The lowest BCUT2D eigenvalue weighted by atomic mass is 9.85. The third-order valence-corrected chi connectivity index (χ3v) is 6.63. The molecule has 2 fully saturated rings. The van der Waals surface area contributed by atoms with E-state index in [-0.39, 0.29) is 41.8 Å². The molecule has 1 amide bonds. The van der Waals surface area contributed by atoms with Crippen LogP contribution in [0.2, 0.25) is 0 Å². The van der Waals surface area contributed by atoms with Gasteiger partial charge in [0, 0.05) is 36.9 Å². The molecule has 34 heavy (non-hydrogen) atoms. The first kappa shape index (κ1) is 26.3. The Morgan fingerprint density at radius 1 is 1.09 bits per heavy atom. The van der Waals surface area contributed by atoms with Gasteiger partial charge in [-0.05, 0) is 74.9 Å². The van der Waals surface area contributed by atoms with Gasteiger partial charge in [-0.25, -0.2) is 4.99 Å². The number of aliphatic imine (C=N–C) groups is 1. The van der Waals surface area contributed by atoms with Gasteiger partial charge in [0.05, 0.1) is 12.6 Å². The summed E-state index contributed by atoms with van der Waals surface area (Å²) in [6.45, 7) is 7.89. The maximum atomic E-state index is 12.3. The quantitative estimate of drug-likeness (QED) is 0.222. The van der Waals surface area contributed by atoms with Crippen LogP contribution in [0, 0.1) is 5.92 Å². The Kier molecular flexibility index (Phi) is 10.0. The lowest BCUT2D eigenvalue weighted by Crippen LogP contribution is -2.38. The molecule has 1 heterocycles. The number of carbonyl (C=O) groups excluding carboxylic acids is 1. The zero-order valence-electron chi connectivity index (χ0n) is 20.3. The van der Waals surface area contributed by atoms with E-state index in [0.717, 1.165) is 56.1 Å². The lowest BCUT2D eigenvalue weighted by Gasteiger charge is -2.24. The van der Waals surface area contributed by atoms with Crippen molar-refractivity contribution in [2.75, 3.05) is 29.9 Å². The fraction of sp³-hybridized carbons (Fsp3) is 0.481. The van der Waals surface area contributed by atoms with Gasteiger partial charge in [0.15, 0.2) is 5.96 Å². The molecule has 7 heteroatoms. The van der Waals surface area contributed by atoms with E-state index in [9.17, 15) is 4.79 Å². The third kappa shape index (κ3) is 7.10. The molecule has 0 spiro atoms. The van der Waals surface area contributed by atoms with E-state index in [0.29, 0.717) is 6.54 Å². The molecule has 4 rings (SSSR count). The van der Waals surface area contributed by atoms with Crippen molar-refractivity contribution in [2.24, 2.45) is 10.9 Å². The average Bonchev–Trinajstić information content (AvgIpc) is 3.32. The standard InChI is InChI=1S/C27H37N5O.HI/c1-3-28-27(30-20(2)23-12-8-14-25(18-23)32-15-4-5-16-32)29-19-21-9-6-13-24(17-21)31-26(33)22-10-7-11-22;/h6,8-9,12-14,17-18,20,22H,3-5,7,10-11,15-16,19H2,1-2H3,(H,31,33)(H2,28,29,30);1H. The van der Waals surface area contributed by atoms with Crippen LogP contribution < -0.4 is 20.9 Å². The Labute approximate surface area is 221 Å². The predicted molar refractivity (Wildman–Crippen MR) is 152 cm³/mol. The third-order valence-electron chi connectivity index (χ3n) is 6.63. The van der Waals surface area contributed by atoms with E-state index in [1.165, 1.54) is 24.1 Å². The van der Waals surface area contributed by atoms with Crippen LogP contribution in [0.15, 0.2) is 53.5 Å². The summed E-state index contributed by atoms with van der Waals surface area (Å²) >= 11 is 0. The summed E-state index contributed by atoms with van der Waals surface area (Å²) < 4.78 is 0. The molecule has 1 saturated heterocycles. The minimum absolute atomic E-state index is 0. The average molecular weight is 576 g/mol. The maximum absolute atomic E-state index is 12.3. The first-order valence-electron chi connectivity index (χ1n) is 12.4. The first-order chi connectivity index (χ1) is 16.1. The zero-order valence-corrected chi connectivity index (χ0v) is 22.7. The van der Waals surface area contributed by atoms with Gasteiger partial charge in [-0.1, -0.05) is 30.7 Å². The molecule has 0 radical (unpaired) electrons. The number of anilines is 2. The van der Waals surface area contributed by atoms with Crippen LogP contribution in [0.3, 0.4) is 0 Å². The van der Waals surface area contributed by atoms with Crippen molar-refractivity contribution in [3.05, 3.63) is 59.7 Å². The van der Waals surface area contributed by atoms with Crippen molar-refractivity contribution in [2.45, 2.75) is 58.5 Å². The molecule has 0 bridgehead atoms. The summed E-state index contributed by atoms with van der Waals surface area (Å²) in [6.07, 6.45) is 5.73. The second kappa shape index (κ2) is 13.0. The Hall–Kier alpha value is -2.29. The number of hydrogen-bond acceptors (Lipinski definition) is 3. The van der Waals surface area contributed by atoms with Crippen molar-refractivity contribution in [1.82, 2.24) is 10.6 Å². The topological polar surface area (TPSA) is 68.8 Å². The summed E-state index contributed by atoms with van der Waals surface area (Å²) in [6, 6.07) is 17.0. The number of rotatable bonds is 8. The molecule has 2 aromatic rings. The van der Waals surface area contributed by atoms with Gasteiger partial charge in [0.1, 0.15) is 0 Å². The van der Waals surface area contributed by atoms with Gasteiger partial charge in [-0.2, -0.15) is 0 Å². The van der Waals surface area contributed by atoms with Crippen molar-refractivity contribution in [1.29, 1.82) is 0 Å². The van der Waals surface area contributed by atoms with Gasteiger partial charge in [0.25, 0.3) is 0 Å². The summed E-state index contributed by atoms with van der Waals surface area (Å²) in [5, 5.41) is 9.97. The van der Waals surface area contributed by atoms with Crippen LogP contribution in [0.1, 0.15) is 63.1 Å². The molecular formula is C27H38IN5O. The normalized spacial score (nSPS) is 16.9. The van der Waals surface area contributed by atoms with Crippen LogP contribution in [0.5, 0.6) is 0 Å². The highest BCUT2D eigenvalue weighted by atomic mass is 127. The maximum Gasteiger partial charge on any atom is 0.227 e. The Morgan fingerprint density at radius 3 is 2.56 bits per heavy atom. The Morgan fingerprint density at radius 2 is 1.85 bits per heavy atom. The number of carbonyl (C=O) groups is 1. The van der Waals surface area contributed by atoms with Gasteiger partial charge < -0.3 is 20.9 Å². The summed E-state index contributed by atoms with van der Waals surface area (Å²) in [5.41, 5.74) is 4.49. The van der Waals surface area contributed by atoms with Crippen molar-refractivity contribution < 1.29 is 4.79 Å². The van der Waals surface area contributed by atoms with Gasteiger partial charge >= 0.3 is 0 Å². The van der Waals surface area contributed by atoms with E-state index in [2.05, 4.69) is 65.0 Å². The molecule has 1 aliphatic heterocycles. The van der Waals surface area contributed by atoms with Crippen LogP contribution in [-0.4, -0.2) is 31.5 Å². The zero-order chi connectivity index (χ0) is 23.0. The van der Waals surface area contributed by atoms with E-state index < -0.39 is 0 Å². The van der Waals surface area contributed by atoms with Crippen LogP contribution >= 0.6 is 24.0 Å². The summed E-state index contributed by atoms with van der Waals surface area (Å²) in [4.78, 5) is 19.5. The van der Waals surface area contributed by atoms with E-state index in [1.54, 1.807) is 0 Å². The van der Waals surface area contributed by atoms with Gasteiger partial charge in [0.2, 0.25) is 5.91 Å². The summed E-state index contributed by atoms with van der Waals surface area (Å²) in [5.74, 6) is 1.11. The molecule has 2 aromatic carbocycles. The van der Waals surface area contributed by atoms with Crippen molar-refractivity contribution in [3.63, 3.8) is 0 Å². The smallest absolute Gasteiger partial charge is 0.227 e. The monoisotopic (exact) mass is 575 g/mol. The predicted octanol–water partition coefficient (Wildman–Crippen LogP) is 5.46. The van der Waals surface area contributed by atoms with Crippen molar-refractivity contribution >= 4 is 47.2 Å². The number of benzene rings is 2. The highest BCUT2D eigenvalue weighted by Crippen LogP contribution is 2.28. The number of nitrogens with zero attached hydrogens (tertiary/aromatic N) is 2. The Balaban J connectivity index is 0.00000324. The minimum atomic E-state index is 0. The number of hydrogen-bond donors (Lipinski definition) is 3. The molecule has 6 nitrogen and oxygen atoms in total. The molecule has 184 valence electrons. The minimum Gasteiger partial charge on any atom is -0.372 e. The molecule has 2 aliphatic rings. The number of halogens is 1. The van der Waals surface area contributed by atoms with E-state index in [4.69, 9.17) is 4.99 Å². The highest BCUT2D eigenvalue weighted by molar-refractivity contribution is 14.0. The van der Waals surface area contributed by atoms with E-state index >= 15 is 0 Å². The molecule has 1 atom stereocenters.